The molecule has 0 aromatic heterocycles. The van der Waals surface area contributed by atoms with E-state index in [1.165, 1.54) is 0 Å². The van der Waals surface area contributed by atoms with Gasteiger partial charge in [0.15, 0.2) is 12.4 Å². The molecule has 4 aliphatic rings. The smallest absolute Gasteiger partial charge is 0.336 e. The van der Waals surface area contributed by atoms with Crippen LogP contribution in [0.15, 0.2) is 11.6 Å². The highest BCUT2D eigenvalue weighted by Gasteiger charge is 2.66. The van der Waals surface area contributed by atoms with E-state index < -0.39 is 60.2 Å². The van der Waals surface area contributed by atoms with Gasteiger partial charge < -0.3 is 39.7 Å². The highest BCUT2D eigenvalue weighted by atomic mass is 16.7. The Bertz CT molecular complexity index is 723. The summed E-state index contributed by atoms with van der Waals surface area (Å²) in [6, 6.07) is 0. The molecular formula is C21H32O9. The zero-order valence-electron chi connectivity index (χ0n) is 17.5. The molecule has 11 atom stereocenters. The van der Waals surface area contributed by atoms with Gasteiger partial charge in [-0.3, -0.25) is 0 Å². The van der Waals surface area contributed by atoms with Crippen molar-refractivity contribution in [1.82, 2.24) is 0 Å². The first-order valence-corrected chi connectivity index (χ1v) is 10.6. The molecule has 1 spiro atoms. The Kier molecular flexibility index (Phi) is 5.54. The van der Waals surface area contributed by atoms with E-state index in [1.54, 1.807) is 0 Å². The third-order valence-electron chi connectivity index (χ3n) is 8.15. The molecule has 9 heteroatoms. The van der Waals surface area contributed by atoms with E-state index in [-0.39, 0.29) is 24.5 Å². The SMILES string of the molecule is C[C@@H]1CC=C2C13C[C@@H](OC(=O)[C@@H]3O)[C@@H](C)[C@@]2(C)CO[C@@H]1O[C@H](CO)[C@@H](O)[C@H](O)[C@H]1O. The molecule has 3 fully saturated rings. The van der Waals surface area contributed by atoms with Crippen LogP contribution in [-0.2, 0) is 19.0 Å². The second-order valence-electron chi connectivity index (χ2n) is 9.59. The molecule has 0 aromatic carbocycles. The fourth-order valence-electron chi connectivity index (χ4n) is 5.97. The van der Waals surface area contributed by atoms with E-state index in [0.29, 0.717) is 6.42 Å². The fraction of sp³-hybridized carbons (Fsp3) is 0.857. The second-order valence-corrected chi connectivity index (χ2v) is 9.59. The molecule has 2 bridgehead atoms. The molecule has 1 saturated carbocycles. The van der Waals surface area contributed by atoms with Crippen LogP contribution in [0.25, 0.3) is 0 Å². The summed E-state index contributed by atoms with van der Waals surface area (Å²) in [6.45, 7) is 5.53. The van der Waals surface area contributed by atoms with Crippen LogP contribution >= 0.6 is 0 Å². The number of hydrogen-bond acceptors (Lipinski definition) is 9. The molecular weight excluding hydrogens is 396 g/mol. The van der Waals surface area contributed by atoms with E-state index in [1.807, 2.05) is 20.8 Å². The maximum absolute atomic E-state index is 12.4. The summed E-state index contributed by atoms with van der Waals surface area (Å²) in [7, 11) is 0. The van der Waals surface area contributed by atoms with Crippen molar-refractivity contribution in [3.8, 4) is 0 Å². The van der Waals surface area contributed by atoms with Gasteiger partial charge in [0, 0.05) is 16.7 Å². The molecule has 0 radical (unpaired) electrons. The molecule has 2 aliphatic carbocycles. The van der Waals surface area contributed by atoms with Crippen LogP contribution < -0.4 is 0 Å². The number of ether oxygens (including phenoxy) is 3. The number of aliphatic hydroxyl groups excluding tert-OH is 5. The van der Waals surface area contributed by atoms with Gasteiger partial charge >= 0.3 is 5.97 Å². The lowest BCUT2D eigenvalue weighted by atomic mass is 9.50. The van der Waals surface area contributed by atoms with Crippen molar-refractivity contribution in [2.75, 3.05) is 13.2 Å². The minimum Gasteiger partial charge on any atom is -0.460 e. The summed E-state index contributed by atoms with van der Waals surface area (Å²) in [5.74, 6) is -0.643. The highest BCUT2D eigenvalue weighted by molar-refractivity contribution is 5.78. The summed E-state index contributed by atoms with van der Waals surface area (Å²) in [4.78, 5) is 12.4. The van der Waals surface area contributed by atoms with E-state index in [4.69, 9.17) is 14.2 Å². The Morgan fingerprint density at radius 3 is 2.53 bits per heavy atom. The fourth-order valence-corrected chi connectivity index (χ4v) is 5.97. The quantitative estimate of drug-likeness (QED) is 0.284. The van der Waals surface area contributed by atoms with Crippen LogP contribution in [0.2, 0.25) is 0 Å². The predicted octanol–water partition coefficient (Wildman–Crippen LogP) is -0.912. The van der Waals surface area contributed by atoms with Crippen LogP contribution in [0.4, 0.5) is 0 Å². The summed E-state index contributed by atoms with van der Waals surface area (Å²) >= 11 is 0. The molecule has 2 aliphatic heterocycles. The standard InChI is InChI=1S/C21H32O9/c1-9-4-5-13-20(3,10(2)11-6-21(9,13)17(26)18(27)29-11)8-28-19-16(25)15(24)14(23)12(7-22)30-19/h5,9-12,14-17,19,22-26H,4,6-8H2,1-3H3/t9-,10-,11-,12-,14-,15+,16-,17+,19-,20-,21?/m1/s1. The molecule has 5 N–H and O–H groups in total. The van der Waals surface area contributed by atoms with Crippen LogP contribution in [0.1, 0.15) is 33.6 Å². The molecule has 0 aromatic rings. The van der Waals surface area contributed by atoms with E-state index in [9.17, 15) is 30.3 Å². The highest BCUT2D eigenvalue weighted by Crippen LogP contribution is 2.64. The van der Waals surface area contributed by atoms with Crippen molar-refractivity contribution in [2.45, 2.75) is 76.5 Å². The minimum atomic E-state index is -1.52. The number of esters is 1. The lowest BCUT2D eigenvalue weighted by Crippen LogP contribution is -2.64. The number of aliphatic hydroxyl groups is 5. The van der Waals surface area contributed by atoms with Crippen molar-refractivity contribution >= 4 is 5.97 Å². The summed E-state index contributed by atoms with van der Waals surface area (Å²) in [5, 5.41) is 50.5. The number of rotatable bonds is 4. The first-order chi connectivity index (χ1) is 14.1. The van der Waals surface area contributed by atoms with Crippen LogP contribution in [0.5, 0.6) is 0 Å². The number of hydrogen-bond donors (Lipinski definition) is 5. The van der Waals surface area contributed by atoms with Gasteiger partial charge in [0.05, 0.1) is 13.2 Å². The maximum Gasteiger partial charge on any atom is 0.336 e. The number of carbonyl (C=O) groups excluding carboxylic acids is 1. The van der Waals surface area contributed by atoms with Gasteiger partial charge in [-0.1, -0.05) is 32.4 Å². The van der Waals surface area contributed by atoms with E-state index in [0.717, 1.165) is 12.0 Å². The predicted molar refractivity (Wildman–Crippen MR) is 102 cm³/mol. The van der Waals surface area contributed by atoms with Gasteiger partial charge in [-0.25, -0.2) is 4.79 Å². The van der Waals surface area contributed by atoms with Crippen LogP contribution in [-0.4, -0.2) is 87.6 Å². The summed E-state index contributed by atoms with van der Waals surface area (Å²) in [6.07, 6.45) is -4.99. The largest absolute Gasteiger partial charge is 0.460 e. The topological polar surface area (TPSA) is 146 Å². The second kappa shape index (κ2) is 7.51. The first kappa shape index (κ1) is 22.1. The van der Waals surface area contributed by atoms with Crippen molar-refractivity contribution < 1.29 is 44.5 Å². The first-order valence-electron chi connectivity index (χ1n) is 10.6. The van der Waals surface area contributed by atoms with Gasteiger partial charge in [0.25, 0.3) is 0 Å². The third-order valence-corrected chi connectivity index (χ3v) is 8.15. The van der Waals surface area contributed by atoms with Crippen LogP contribution in [0, 0.1) is 22.7 Å². The number of fused-ring (bicyclic) bond motifs is 1. The Labute approximate surface area is 175 Å². The number of carbonyl (C=O) groups is 1. The minimum absolute atomic E-state index is 0.0666. The molecule has 1 unspecified atom stereocenters. The van der Waals surface area contributed by atoms with Gasteiger partial charge in [-0.15, -0.1) is 0 Å². The molecule has 0 amide bonds. The van der Waals surface area contributed by atoms with Crippen molar-refractivity contribution in [3.05, 3.63) is 11.6 Å². The summed E-state index contributed by atoms with van der Waals surface area (Å²) < 4.78 is 16.9. The monoisotopic (exact) mass is 428 g/mol. The summed E-state index contributed by atoms with van der Waals surface area (Å²) in [5.41, 5.74) is -0.367. The Balaban J connectivity index is 1.60. The molecule has 170 valence electrons. The van der Waals surface area contributed by atoms with E-state index in [2.05, 4.69) is 6.08 Å². The van der Waals surface area contributed by atoms with Crippen molar-refractivity contribution in [3.63, 3.8) is 0 Å². The molecule has 30 heavy (non-hydrogen) atoms. The van der Waals surface area contributed by atoms with E-state index >= 15 is 0 Å². The Morgan fingerprint density at radius 2 is 1.87 bits per heavy atom. The van der Waals surface area contributed by atoms with Gasteiger partial charge in [0.2, 0.25) is 0 Å². The average molecular weight is 428 g/mol. The van der Waals surface area contributed by atoms with Gasteiger partial charge in [-0.05, 0) is 18.8 Å². The normalized spacial score (nSPS) is 53.1. The zero-order chi connectivity index (χ0) is 22.0. The lowest BCUT2D eigenvalue weighted by molar-refractivity contribution is -0.308. The van der Waals surface area contributed by atoms with Crippen molar-refractivity contribution in [1.29, 1.82) is 0 Å². The van der Waals surface area contributed by atoms with Gasteiger partial charge in [-0.2, -0.15) is 0 Å². The lowest BCUT2D eigenvalue weighted by Gasteiger charge is -2.58. The molecule has 2 saturated heterocycles. The zero-order valence-corrected chi connectivity index (χ0v) is 17.5. The maximum atomic E-state index is 12.4. The third kappa shape index (κ3) is 2.91. The molecule has 9 nitrogen and oxygen atoms in total. The van der Waals surface area contributed by atoms with Crippen LogP contribution in [0.3, 0.4) is 0 Å². The average Bonchev–Trinajstić information content (AvgIpc) is 3.05. The van der Waals surface area contributed by atoms with Crippen molar-refractivity contribution in [2.24, 2.45) is 22.7 Å². The van der Waals surface area contributed by atoms with Gasteiger partial charge in [0.1, 0.15) is 30.5 Å². The Hall–Kier alpha value is -1.07. The Morgan fingerprint density at radius 1 is 1.17 bits per heavy atom. The number of allylic oxidation sites excluding steroid dienone is 1. The molecule has 2 heterocycles. The molecule has 4 rings (SSSR count).